The van der Waals surface area contributed by atoms with Gasteiger partial charge in [-0.05, 0) is 104 Å². The molecule has 1 saturated carbocycles. The van der Waals surface area contributed by atoms with Gasteiger partial charge < -0.3 is 40.6 Å². The fourth-order valence-electron chi connectivity index (χ4n) is 6.75. The summed E-state index contributed by atoms with van der Waals surface area (Å²) in [6.07, 6.45) is 3.35. The summed E-state index contributed by atoms with van der Waals surface area (Å²) in [4.78, 5) is 43.4. The number of fused-ring (bicyclic) bond motifs is 1. The maximum absolute atomic E-state index is 13.4. The maximum Gasteiger partial charge on any atom is 0.349 e. The third-order valence-electron chi connectivity index (χ3n) is 9.61. The summed E-state index contributed by atoms with van der Waals surface area (Å²) in [6.45, 7) is 2.09. The van der Waals surface area contributed by atoms with Crippen molar-refractivity contribution in [3.63, 3.8) is 0 Å². The Kier molecular flexibility index (Phi) is 14.4. The lowest BCUT2D eigenvalue weighted by molar-refractivity contribution is -0.169. The number of aliphatic hydroxyl groups excluding tert-OH is 1. The normalized spacial score (nSPS) is 16.5. The van der Waals surface area contributed by atoms with E-state index < -0.39 is 17.7 Å². The van der Waals surface area contributed by atoms with Crippen LogP contribution in [-0.4, -0.2) is 74.4 Å². The Morgan fingerprint density at radius 3 is 2.42 bits per heavy atom. The predicted octanol–water partition coefficient (Wildman–Crippen LogP) is 4.97. The second-order valence-corrected chi connectivity index (χ2v) is 14.8. The number of rotatable bonds is 16. The Hall–Kier alpha value is -4.45. The van der Waals surface area contributed by atoms with Gasteiger partial charge in [0.25, 0.3) is 0 Å². The fourth-order valence-corrected chi connectivity index (χ4v) is 8.46. The van der Waals surface area contributed by atoms with Gasteiger partial charge in [-0.25, -0.2) is 9.59 Å². The molecule has 0 unspecified atom stereocenters. The van der Waals surface area contributed by atoms with Gasteiger partial charge >= 0.3 is 11.7 Å². The molecule has 0 spiro atoms. The zero-order valence-corrected chi connectivity index (χ0v) is 30.7. The van der Waals surface area contributed by atoms with Gasteiger partial charge in [0.15, 0.2) is 0 Å². The van der Waals surface area contributed by atoms with Gasteiger partial charge in [0.2, 0.25) is 12.0 Å². The first-order chi connectivity index (χ1) is 24.7. The number of aliphatic hydroxyl groups is 2. The van der Waals surface area contributed by atoms with Gasteiger partial charge in [0, 0.05) is 25.7 Å². The molecule has 0 saturated heterocycles. The van der Waals surface area contributed by atoms with Crippen molar-refractivity contribution in [3.05, 3.63) is 103 Å². The average Bonchev–Trinajstić information content (AvgIpc) is 3.92. The zero-order valence-electron chi connectivity index (χ0n) is 29.1. The van der Waals surface area contributed by atoms with Crippen LogP contribution in [0.2, 0.25) is 0 Å². The van der Waals surface area contributed by atoms with E-state index in [4.69, 9.17) is 4.74 Å². The van der Waals surface area contributed by atoms with Crippen LogP contribution in [0.3, 0.4) is 0 Å². The molecule has 2 aromatic carbocycles. The van der Waals surface area contributed by atoms with Crippen molar-refractivity contribution < 1.29 is 39.1 Å². The van der Waals surface area contributed by atoms with E-state index in [0.717, 1.165) is 55.2 Å². The van der Waals surface area contributed by atoms with E-state index in [-0.39, 0.29) is 39.2 Å². The number of phenolic OH excluding ortho intramolecular Hbond substituents is 1. The molecule has 1 atom stereocenters. The number of thiophene rings is 2. The number of nitrogens with one attached hydrogen (secondary N) is 3. The van der Waals surface area contributed by atoms with Crippen LogP contribution in [0, 0.1) is 0 Å². The van der Waals surface area contributed by atoms with Crippen LogP contribution in [0.4, 0.5) is 15.1 Å². The molecule has 3 aromatic heterocycles. The number of aromatic hydroxyl groups is 1. The summed E-state index contributed by atoms with van der Waals surface area (Å²) in [5.41, 5.74) is 1.34. The smallest absolute Gasteiger partial charge is 0.349 e. The van der Waals surface area contributed by atoms with E-state index >= 15 is 0 Å². The Labute approximate surface area is 312 Å². The minimum Gasteiger partial charge on any atom is -0.506 e. The Morgan fingerprint density at radius 2 is 1.77 bits per heavy atom. The van der Waals surface area contributed by atoms with E-state index in [1.807, 2.05) is 41.1 Å². The highest BCUT2D eigenvalue weighted by molar-refractivity contribution is 7.12. The number of carbonyl (C=O) groups is 2. The first-order valence-corrected chi connectivity index (χ1v) is 18.8. The Balaban J connectivity index is 0.00000314. The molecule has 3 heterocycles. The number of anilines is 1. The number of aromatic amines is 1. The van der Waals surface area contributed by atoms with Crippen LogP contribution < -0.4 is 16.3 Å². The Morgan fingerprint density at radius 1 is 1.08 bits per heavy atom. The third kappa shape index (κ3) is 9.38. The molecule has 5 aromatic rings. The van der Waals surface area contributed by atoms with Crippen molar-refractivity contribution in [2.24, 2.45) is 0 Å². The fraction of sp³-hybridized carbons (Fsp3) is 0.378. The van der Waals surface area contributed by atoms with Crippen molar-refractivity contribution in [2.75, 3.05) is 25.5 Å². The number of hydrogen-bond donors (Lipinski definition) is 6. The van der Waals surface area contributed by atoms with Gasteiger partial charge in [-0.1, -0.05) is 24.3 Å². The van der Waals surface area contributed by atoms with Crippen LogP contribution in [0.25, 0.3) is 11.0 Å². The summed E-state index contributed by atoms with van der Waals surface area (Å²) in [5.74, 6) is -0.701. The van der Waals surface area contributed by atoms with E-state index in [1.165, 1.54) is 34.8 Å². The summed E-state index contributed by atoms with van der Waals surface area (Å²) >= 11 is 2.67. The predicted molar refractivity (Wildman–Crippen MR) is 203 cm³/mol. The summed E-state index contributed by atoms with van der Waals surface area (Å²) in [6, 6.07) is 17.9. The summed E-state index contributed by atoms with van der Waals surface area (Å²) < 4.78 is 7.68. The van der Waals surface area contributed by atoms with Crippen LogP contribution in [0.1, 0.15) is 59.1 Å². The number of aryl methyl sites for hydroxylation is 1. The van der Waals surface area contributed by atoms with Gasteiger partial charge in [0.05, 0.1) is 32.6 Å². The first-order valence-electron chi connectivity index (χ1n) is 17.0. The lowest BCUT2D eigenvalue weighted by Crippen LogP contribution is -2.42. The van der Waals surface area contributed by atoms with Gasteiger partial charge in [-0.2, -0.15) is 0 Å². The SMILES string of the molecule is CN(CCCn1c(=O)[nH]c2cc(CNC[C@H](O)c3ccc(O)c(NC=O)c3)ccc21)[C@H]1CC[C@H](OC(=O)C(O)(c2cccs2)c2cccs2)CC1.F.F. The van der Waals surface area contributed by atoms with E-state index in [0.29, 0.717) is 40.9 Å². The highest BCUT2D eigenvalue weighted by Gasteiger charge is 2.45. The van der Waals surface area contributed by atoms with Gasteiger partial charge in [-0.15, -0.1) is 22.7 Å². The zero-order chi connectivity index (χ0) is 36.0. The van der Waals surface area contributed by atoms with E-state index in [1.54, 1.807) is 22.8 Å². The number of aromatic nitrogens is 2. The molecular weight excluding hydrogens is 729 g/mol. The molecule has 0 aliphatic heterocycles. The number of phenols is 1. The molecule has 0 bridgehead atoms. The molecule has 1 aliphatic rings. The van der Waals surface area contributed by atoms with Crippen LogP contribution >= 0.6 is 22.7 Å². The number of carbonyl (C=O) groups excluding carboxylic acids is 2. The molecule has 12 nitrogen and oxygen atoms in total. The minimum absolute atomic E-state index is 0. The molecule has 286 valence electrons. The number of halogens is 2. The monoisotopic (exact) mass is 773 g/mol. The van der Waals surface area contributed by atoms with Crippen molar-refractivity contribution in [1.29, 1.82) is 0 Å². The van der Waals surface area contributed by atoms with E-state index in [9.17, 15) is 29.7 Å². The second kappa shape index (κ2) is 18.5. The van der Waals surface area contributed by atoms with Gasteiger partial charge in [0.1, 0.15) is 11.9 Å². The number of ether oxygens (including phenoxy) is 1. The number of hydrogen-bond acceptors (Lipinski definition) is 11. The van der Waals surface area contributed by atoms with E-state index in [2.05, 4.69) is 27.6 Å². The van der Waals surface area contributed by atoms with Crippen molar-refractivity contribution >= 4 is 51.8 Å². The molecule has 1 aliphatic carbocycles. The summed E-state index contributed by atoms with van der Waals surface area (Å²) in [5, 5.41) is 41.3. The van der Waals surface area contributed by atoms with Crippen LogP contribution in [0.5, 0.6) is 5.75 Å². The minimum atomic E-state index is -1.80. The van der Waals surface area contributed by atoms with Crippen molar-refractivity contribution in [1.82, 2.24) is 19.8 Å². The maximum atomic E-state index is 13.4. The molecule has 0 radical (unpaired) electrons. The number of H-pyrrole nitrogens is 1. The molecule has 6 N–H and O–H groups in total. The third-order valence-corrected chi connectivity index (χ3v) is 11.6. The van der Waals surface area contributed by atoms with Gasteiger partial charge in [-0.3, -0.25) is 18.8 Å². The second-order valence-electron chi connectivity index (χ2n) is 13.0. The van der Waals surface area contributed by atoms with Crippen LogP contribution in [0.15, 0.2) is 76.2 Å². The average molecular weight is 774 g/mol. The quantitative estimate of drug-likeness (QED) is 0.0461. The molecular formula is C37H45F2N5O7S2. The number of amides is 1. The molecule has 53 heavy (non-hydrogen) atoms. The number of nitrogens with zero attached hydrogens (tertiary/aromatic N) is 2. The number of esters is 1. The molecule has 1 amide bonds. The molecule has 1 fully saturated rings. The lowest BCUT2D eigenvalue weighted by Gasteiger charge is -2.35. The van der Waals surface area contributed by atoms with Crippen molar-refractivity contribution in [2.45, 2.75) is 69.0 Å². The summed E-state index contributed by atoms with van der Waals surface area (Å²) in [7, 11) is 2.10. The number of imidazole rings is 1. The highest BCUT2D eigenvalue weighted by atomic mass is 32.1. The topological polar surface area (TPSA) is 169 Å². The largest absolute Gasteiger partial charge is 0.506 e. The van der Waals surface area contributed by atoms with Crippen molar-refractivity contribution in [3.8, 4) is 5.75 Å². The number of benzene rings is 2. The Bertz CT molecular complexity index is 1940. The first kappa shape index (κ1) is 41.3. The highest BCUT2D eigenvalue weighted by Crippen LogP contribution is 2.38. The molecule has 6 rings (SSSR count). The standard InChI is InChI=1S/C37H43N5O7S2.2FH/c1-41(26-9-11-27(12-10-26)49-35(46)37(48,33-5-2-17-50-33)34-6-3-18-51-34)15-4-16-42-30-13-7-24(19-28(30)40-36(42)47)21-38-22-32(45)25-8-14-31(44)29(20-25)39-23-43;;/h2-3,5-8,13-14,17-20,23,26-27,32,38,44-45,48H,4,9-12,15-16,21-22H2,1H3,(H,39,43)(H,40,47);2*1H/t26-,27-,32-;;/m0../s1. The molecule has 16 heteroatoms. The lowest BCUT2D eigenvalue weighted by atomic mass is 9.91. The van der Waals surface area contributed by atoms with Crippen LogP contribution in [-0.2, 0) is 33.0 Å².